The Labute approximate surface area is 190 Å². The number of anilines is 2. The van der Waals surface area contributed by atoms with Crippen LogP contribution in [0.4, 0.5) is 20.4 Å². The van der Waals surface area contributed by atoms with Gasteiger partial charge in [-0.3, -0.25) is 9.69 Å². The molecular weight excluding hydrogens is 430 g/mol. The fourth-order valence-electron chi connectivity index (χ4n) is 3.61. The summed E-state index contributed by atoms with van der Waals surface area (Å²) in [6.45, 7) is -1.05. The molecule has 7 nitrogen and oxygen atoms in total. The Hall–Kier alpha value is -3.43. The number of rotatable bonds is 8. The highest BCUT2D eigenvalue weighted by Gasteiger charge is 2.19. The fraction of sp³-hybridized carbons (Fsp3) is 0.292. The molecule has 4 rings (SSSR count). The average molecular weight is 454 g/mol. The molecule has 1 aliphatic heterocycles. The fourth-order valence-corrected chi connectivity index (χ4v) is 3.61. The number of aliphatic hydroxyl groups is 1. The number of benzene rings is 2. The van der Waals surface area contributed by atoms with Gasteiger partial charge in [-0.05, 0) is 54.8 Å². The molecule has 3 aromatic rings. The third-order valence-electron chi connectivity index (χ3n) is 5.45. The van der Waals surface area contributed by atoms with Gasteiger partial charge in [-0.2, -0.15) is 8.78 Å². The number of carbonyl (C=O) groups excluding carboxylic acids is 1. The summed E-state index contributed by atoms with van der Waals surface area (Å²) in [5.74, 6) is 0.524. The number of ketones is 1. The van der Waals surface area contributed by atoms with Crippen LogP contribution in [0.15, 0.2) is 60.9 Å². The van der Waals surface area contributed by atoms with Crippen LogP contribution < -0.4 is 10.1 Å². The summed E-state index contributed by atoms with van der Waals surface area (Å²) in [6, 6.07) is 13.4. The molecule has 0 saturated carbocycles. The highest BCUT2D eigenvalue weighted by Crippen LogP contribution is 2.23. The predicted octanol–water partition coefficient (Wildman–Crippen LogP) is 4.13. The van der Waals surface area contributed by atoms with E-state index in [2.05, 4.69) is 24.9 Å². The summed E-state index contributed by atoms with van der Waals surface area (Å²) in [7, 11) is 0. The standard InChI is InChI=1S/C24H24F2N4O3/c25-23(26)33-21-7-3-16(4-8-21)18-13-27-24(28-14-18)29-19-5-1-17(2-6-19)22(32)15-30-11-9-20(31)10-12-30/h1-8,13-14,20,23,31H,9-12,15H2,(H,27,28,29). The second-order valence-corrected chi connectivity index (χ2v) is 7.83. The molecule has 9 heteroatoms. The molecule has 1 saturated heterocycles. The highest BCUT2D eigenvalue weighted by molar-refractivity contribution is 5.97. The van der Waals surface area contributed by atoms with E-state index in [0.717, 1.165) is 29.9 Å². The molecule has 0 radical (unpaired) electrons. The number of carbonyl (C=O) groups is 1. The maximum absolute atomic E-state index is 12.5. The SMILES string of the molecule is O=C(CN1CCC(O)CC1)c1ccc(Nc2ncc(-c3ccc(OC(F)F)cc3)cn2)cc1. The molecule has 1 aliphatic rings. The first-order chi connectivity index (χ1) is 16.0. The number of hydrogen-bond acceptors (Lipinski definition) is 7. The van der Waals surface area contributed by atoms with Gasteiger partial charge in [-0.25, -0.2) is 9.97 Å². The van der Waals surface area contributed by atoms with Crippen LogP contribution in [-0.2, 0) is 0 Å². The number of nitrogens with one attached hydrogen (secondary N) is 1. The van der Waals surface area contributed by atoms with Gasteiger partial charge in [-0.15, -0.1) is 0 Å². The Kier molecular flexibility index (Phi) is 7.21. The molecule has 2 aromatic carbocycles. The lowest BCUT2D eigenvalue weighted by atomic mass is 10.1. The molecule has 1 fully saturated rings. The lowest BCUT2D eigenvalue weighted by molar-refractivity contribution is -0.0498. The second kappa shape index (κ2) is 10.5. The van der Waals surface area contributed by atoms with Crippen LogP contribution in [0.2, 0.25) is 0 Å². The summed E-state index contributed by atoms with van der Waals surface area (Å²) < 4.78 is 28.9. The number of likely N-dealkylation sites (tertiary alicyclic amines) is 1. The number of Topliss-reactive ketones (excluding diaryl/α,β-unsaturated/α-hetero) is 1. The smallest absolute Gasteiger partial charge is 0.387 e. The number of alkyl halides is 2. The molecule has 172 valence electrons. The van der Waals surface area contributed by atoms with Gasteiger partial charge in [0, 0.05) is 42.3 Å². The molecule has 0 amide bonds. The Morgan fingerprint density at radius 3 is 2.27 bits per heavy atom. The molecule has 0 aliphatic carbocycles. The quantitative estimate of drug-likeness (QED) is 0.495. The predicted molar refractivity (Wildman–Crippen MR) is 120 cm³/mol. The summed E-state index contributed by atoms with van der Waals surface area (Å²) in [5, 5.41) is 12.7. The molecule has 0 bridgehead atoms. The van der Waals surface area contributed by atoms with Gasteiger partial charge in [0.25, 0.3) is 0 Å². The number of ether oxygens (including phenoxy) is 1. The Morgan fingerprint density at radius 2 is 1.67 bits per heavy atom. The van der Waals surface area contributed by atoms with E-state index in [1.165, 1.54) is 12.1 Å². The number of halogens is 2. The van der Waals surface area contributed by atoms with E-state index < -0.39 is 6.61 Å². The monoisotopic (exact) mass is 454 g/mol. The maximum Gasteiger partial charge on any atom is 0.387 e. The maximum atomic E-state index is 12.5. The van der Waals surface area contributed by atoms with Crippen molar-refractivity contribution in [2.24, 2.45) is 0 Å². The molecule has 1 aromatic heterocycles. The average Bonchev–Trinajstić information content (AvgIpc) is 2.82. The van der Waals surface area contributed by atoms with Crippen molar-refractivity contribution in [3.63, 3.8) is 0 Å². The lowest BCUT2D eigenvalue weighted by Crippen LogP contribution is -2.39. The highest BCUT2D eigenvalue weighted by atomic mass is 19.3. The van der Waals surface area contributed by atoms with Gasteiger partial charge in [0.2, 0.25) is 5.95 Å². The van der Waals surface area contributed by atoms with Gasteiger partial charge >= 0.3 is 6.61 Å². The molecule has 0 atom stereocenters. The normalized spacial score (nSPS) is 14.9. The van der Waals surface area contributed by atoms with Crippen LogP contribution in [0.3, 0.4) is 0 Å². The molecular formula is C24H24F2N4O3. The molecule has 2 heterocycles. The third-order valence-corrected chi connectivity index (χ3v) is 5.45. The van der Waals surface area contributed by atoms with Gasteiger partial charge in [0.15, 0.2) is 5.78 Å². The Balaban J connectivity index is 1.33. The van der Waals surface area contributed by atoms with E-state index in [1.54, 1.807) is 48.8 Å². The van der Waals surface area contributed by atoms with E-state index in [0.29, 0.717) is 30.9 Å². The minimum Gasteiger partial charge on any atom is -0.435 e. The number of hydrogen-bond donors (Lipinski definition) is 2. The van der Waals surface area contributed by atoms with Crippen LogP contribution in [0.1, 0.15) is 23.2 Å². The van der Waals surface area contributed by atoms with Crippen molar-refractivity contribution >= 4 is 17.4 Å². The lowest BCUT2D eigenvalue weighted by Gasteiger charge is -2.28. The first kappa shape index (κ1) is 22.8. The summed E-state index contributed by atoms with van der Waals surface area (Å²) in [5.41, 5.74) is 2.88. The van der Waals surface area contributed by atoms with Gasteiger partial charge in [0.05, 0.1) is 12.6 Å². The van der Waals surface area contributed by atoms with E-state index in [4.69, 9.17) is 0 Å². The Morgan fingerprint density at radius 1 is 1.03 bits per heavy atom. The second-order valence-electron chi connectivity index (χ2n) is 7.83. The van der Waals surface area contributed by atoms with E-state index in [-0.39, 0.29) is 17.6 Å². The molecule has 33 heavy (non-hydrogen) atoms. The zero-order valence-electron chi connectivity index (χ0n) is 17.8. The van der Waals surface area contributed by atoms with Crippen molar-refractivity contribution in [3.8, 4) is 16.9 Å². The molecule has 0 unspecified atom stereocenters. The van der Waals surface area contributed by atoms with Crippen molar-refractivity contribution in [2.45, 2.75) is 25.6 Å². The van der Waals surface area contributed by atoms with Crippen molar-refractivity contribution < 1.29 is 23.4 Å². The largest absolute Gasteiger partial charge is 0.435 e. The van der Waals surface area contributed by atoms with Crippen molar-refractivity contribution in [1.29, 1.82) is 0 Å². The van der Waals surface area contributed by atoms with E-state index in [9.17, 15) is 18.7 Å². The number of piperidine rings is 1. The van der Waals surface area contributed by atoms with Gasteiger partial charge < -0.3 is 15.2 Å². The number of aromatic nitrogens is 2. The first-order valence-corrected chi connectivity index (χ1v) is 10.6. The van der Waals surface area contributed by atoms with Crippen LogP contribution in [0.25, 0.3) is 11.1 Å². The van der Waals surface area contributed by atoms with Crippen LogP contribution in [-0.4, -0.2) is 58.1 Å². The summed E-state index contributed by atoms with van der Waals surface area (Å²) in [6.07, 6.45) is 4.41. The van der Waals surface area contributed by atoms with Crippen LogP contribution >= 0.6 is 0 Å². The third kappa shape index (κ3) is 6.30. The van der Waals surface area contributed by atoms with Crippen molar-refractivity contribution in [3.05, 3.63) is 66.5 Å². The van der Waals surface area contributed by atoms with Crippen LogP contribution in [0.5, 0.6) is 5.75 Å². The topological polar surface area (TPSA) is 87.6 Å². The van der Waals surface area contributed by atoms with E-state index >= 15 is 0 Å². The zero-order valence-corrected chi connectivity index (χ0v) is 17.8. The first-order valence-electron chi connectivity index (χ1n) is 10.6. The van der Waals surface area contributed by atoms with Gasteiger partial charge in [0.1, 0.15) is 5.75 Å². The molecule has 0 spiro atoms. The zero-order chi connectivity index (χ0) is 23.2. The van der Waals surface area contributed by atoms with E-state index in [1.807, 2.05) is 0 Å². The minimum atomic E-state index is -2.86. The summed E-state index contributed by atoms with van der Waals surface area (Å²) >= 11 is 0. The van der Waals surface area contributed by atoms with Crippen molar-refractivity contribution in [2.75, 3.05) is 25.0 Å². The summed E-state index contributed by atoms with van der Waals surface area (Å²) in [4.78, 5) is 23.2. The molecule has 2 N–H and O–H groups in total. The van der Waals surface area contributed by atoms with Crippen LogP contribution in [0, 0.1) is 0 Å². The Bertz CT molecular complexity index is 1050. The number of aliphatic hydroxyl groups excluding tert-OH is 1. The van der Waals surface area contributed by atoms with Gasteiger partial charge in [-0.1, -0.05) is 12.1 Å². The number of nitrogens with zero attached hydrogens (tertiary/aromatic N) is 3. The van der Waals surface area contributed by atoms with Crippen molar-refractivity contribution in [1.82, 2.24) is 14.9 Å². The minimum absolute atomic E-state index is 0.0449.